The Hall–Kier alpha value is -3.08. The fourth-order valence-electron chi connectivity index (χ4n) is 6.62. The van der Waals surface area contributed by atoms with Gasteiger partial charge in [0.15, 0.2) is 0 Å². The van der Waals surface area contributed by atoms with Gasteiger partial charge in [0.1, 0.15) is 0 Å². The summed E-state index contributed by atoms with van der Waals surface area (Å²) < 4.78 is 43.4. The lowest BCUT2D eigenvalue weighted by Gasteiger charge is -2.39. The first-order valence-corrected chi connectivity index (χ1v) is 14.5. The minimum atomic E-state index is -4.47. The van der Waals surface area contributed by atoms with E-state index in [0.717, 1.165) is 63.6 Å². The van der Waals surface area contributed by atoms with E-state index in [2.05, 4.69) is 17.0 Å². The number of alkyl halides is 3. The average molecular weight is 559 g/mol. The zero-order valence-electron chi connectivity index (χ0n) is 22.9. The highest BCUT2D eigenvalue weighted by Gasteiger charge is 2.42. The predicted octanol–water partition coefficient (Wildman–Crippen LogP) is 4.76. The smallest absolute Gasteiger partial charge is 0.331 e. The molecular weight excluding hydrogens is 521 g/mol. The molecular formula is C29H37F3N6O2. The Morgan fingerprint density at radius 2 is 1.55 bits per heavy atom. The molecule has 3 saturated heterocycles. The van der Waals surface area contributed by atoms with Crippen LogP contribution in [0.2, 0.25) is 0 Å². The number of piperidine rings is 1. The SMILES string of the molecule is CN1CCN(C(=O)N2CCC(n3ncc(C(=O)N4CCCC4c4ccccc4C(F)(F)F)c3C3CC3)CC2)CC1. The van der Waals surface area contributed by atoms with Crippen molar-refractivity contribution in [2.45, 2.75) is 62.7 Å². The molecule has 1 aromatic heterocycles. The summed E-state index contributed by atoms with van der Waals surface area (Å²) in [5.41, 5.74) is 0.938. The van der Waals surface area contributed by atoms with Crippen LogP contribution in [0.15, 0.2) is 30.5 Å². The molecule has 1 saturated carbocycles. The molecule has 11 heteroatoms. The molecule has 6 rings (SSSR count). The number of urea groups is 1. The molecule has 1 atom stereocenters. The van der Waals surface area contributed by atoms with E-state index < -0.39 is 17.8 Å². The van der Waals surface area contributed by atoms with Gasteiger partial charge in [-0.05, 0) is 57.2 Å². The Morgan fingerprint density at radius 3 is 2.23 bits per heavy atom. The van der Waals surface area contributed by atoms with Crippen molar-refractivity contribution in [2.75, 3.05) is 52.9 Å². The minimum absolute atomic E-state index is 0.0917. The van der Waals surface area contributed by atoms with Gasteiger partial charge < -0.3 is 19.6 Å². The number of likely N-dealkylation sites (N-methyl/N-ethyl adjacent to an activating group) is 1. The van der Waals surface area contributed by atoms with Crippen molar-refractivity contribution in [1.82, 2.24) is 29.4 Å². The molecule has 1 unspecified atom stereocenters. The van der Waals surface area contributed by atoms with Gasteiger partial charge in [0, 0.05) is 51.7 Å². The summed E-state index contributed by atoms with van der Waals surface area (Å²) in [7, 11) is 2.07. The molecule has 0 spiro atoms. The van der Waals surface area contributed by atoms with Gasteiger partial charge in [0.05, 0.1) is 35.1 Å². The van der Waals surface area contributed by atoms with Crippen molar-refractivity contribution in [3.63, 3.8) is 0 Å². The van der Waals surface area contributed by atoms with Crippen LogP contribution in [0.4, 0.5) is 18.0 Å². The van der Waals surface area contributed by atoms with Gasteiger partial charge in [-0.2, -0.15) is 18.3 Å². The zero-order chi connectivity index (χ0) is 28.0. The predicted molar refractivity (Wildman–Crippen MR) is 143 cm³/mol. The second-order valence-electron chi connectivity index (χ2n) is 11.7. The number of piperazine rings is 1. The maximum absolute atomic E-state index is 13.9. The Morgan fingerprint density at radius 1 is 0.875 bits per heavy atom. The van der Waals surface area contributed by atoms with E-state index in [1.54, 1.807) is 17.2 Å². The number of carbonyl (C=O) groups excluding carboxylic acids is 2. The van der Waals surface area contributed by atoms with Crippen molar-refractivity contribution >= 4 is 11.9 Å². The lowest BCUT2D eigenvalue weighted by atomic mass is 9.97. The van der Waals surface area contributed by atoms with Crippen molar-refractivity contribution < 1.29 is 22.8 Å². The van der Waals surface area contributed by atoms with E-state index in [4.69, 9.17) is 0 Å². The first-order chi connectivity index (χ1) is 19.2. The number of likely N-dealkylation sites (tertiary alicyclic amines) is 2. The third-order valence-electron chi connectivity index (χ3n) is 9.02. The van der Waals surface area contributed by atoms with Crippen LogP contribution in [-0.2, 0) is 6.18 Å². The summed E-state index contributed by atoms with van der Waals surface area (Å²) in [6.45, 7) is 4.98. The monoisotopic (exact) mass is 558 g/mol. The van der Waals surface area contributed by atoms with Gasteiger partial charge in [0.25, 0.3) is 5.91 Å². The fraction of sp³-hybridized carbons (Fsp3) is 0.621. The van der Waals surface area contributed by atoms with Gasteiger partial charge in [-0.1, -0.05) is 18.2 Å². The summed E-state index contributed by atoms with van der Waals surface area (Å²) in [5, 5.41) is 4.69. The fourth-order valence-corrected chi connectivity index (χ4v) is 6.62. The molecule has 0 radical (unpaired) electrons. The van der Waals surface area contributed by atoms with Crippen molar-refractivity contribution in [3.8, 4) is 0 Å². The molecule has 1 aliphatic carbocycles. The minimum Gasteiger partial charge on any atom is -0.331 e. The number of amides is 3. The molecule has 1 aromatic carbocycles. The second kappa shape index (κ2) is 10.7. The Balaban J connectivity index is 1.18. The Bertz CT molecular complexity index is 1240. The second-order valence-corrected chi connectivity index (χ2v) is 11.7. The molecule has 0 bridgehead atoms. The summed E-state index contributed by atoms with van der Waals surface area (Å²) >= 11 is 0. The highest BCUT2D eigenvalue weighted by molar-refractivity contribution is 5.96. The molecule has 216 valence electrons. The number of hydrogen-bond donors (Lipinski definition) is 0. The van der Waals surface area contributed by atoms with Crippen LogP contribution in [0.1, 0.15) is 83.7 Å². The average Bonchev–Trinajstić information content (AvgIpc) is 3.50. The van der Waals surface area contributed by atoms with Crippen LogP contribution in [0, 0.1) is 0 Å². The first kappa shape index (κ1) is 27.1. The molecule has 3 aliphatic heterocycles. The number of aromatic nitrogens is 2. The third-order valence-corrected chi connectivity index (χ3v) is 9.02. The quantitative estimate of drug-likeness (QED) is 0.543. The van der Waals surface area contributed by atoms with Crippen LogP contribution in [-0.4, -0.2) is 94.2 Å². The van der Waals surface area contributed by atoms with E-state index in [0.29, 0.717) is 38.0 Å². The zero-order valence-corrected chi connectivity index (χ0v) is 22.9. The van der Waals surface area contributed by atoms with Gasteiger partial charge in [-0.15, -0.1) is 0 Å². The number of rotatable bonds is 4. The van der Waals surface area contributed by atoms with E-state index >= 15 is 0 Å². The largest absolute Gasteiger partial charge is 0.416 e. The van der Waals surface area contributed by atoms with Crippen molar-refractivity contribution in [1.29, 1.82) is 0 Å². The van der Waals surface area contributed by atoms with Crippen LogP contribution < -0.4 is 0 Å². The Labute approximate surface area is 232 Å². The molecule has 4 aliphatic rings. The van der Waals surface area contributed by atoms with Gasteiger partial charge in [-0.25, -0.2) is 4.79 Å². The third kappa shape index (κ3) is 5.20. The maximum atomic E-state index is 13.9. The van der Waals surface area contributed by atoms with Gasteiger partial charge >= 0.3 is 12.2 Å². The summed E-state index contributed by atoms with van der Waals surface area (Å²) in [6, 6.07) is 5.20. The van der Waals surface area contributed by atoms with E-state index in [1.807, 2.05) is 14.5 Å². The highest BCUT2D eigenvalue weighted by Crippen LogP contribution is 2.45. The molecule has 4 heterocycles. The van der Waals surface area contributed by atoms with Crippen LogP contribution in [0.5, 0.6) is 0 Å². The first-order valence-electron chi connectivity index (χ1n) is 14.5. The Kier molecular flexibility index (Phi) is 7.27. The lowest BCUT2D eigenvalue weighted by Crippen LogP contribution is -2.53. The van der Waals surface area contributed by atoms with Crippen LogP contribution in [0.25, 0.3) is 0 Å². The molecule has 8 nitrogen and oxygen atoms in total. The molecule has 0 N–H and O–H groups in total. The van der Waals surface area contributed by atoms with Crippen LogP contribution >= 0.6 is 0 Å². The van der Waals surface area contributed by atoms with Crippen molar-refractivity contribution in [3.05, 3.63) is 52.8 Å². The molecule has 3 amide bonds. The normalized spacial score (nSPS) is 23.2. The summed E-state index contributed by atoms with van der Waals surface area (Å²) in [6.07, 6.45) is 1.81. The highest BCUT2D eigenvalue weighted by atomic mass is 19.4. The number of carbonyl (C=O) groups is 2. The van der Waals surface area contributed by atoms with E-state index in [1.165, 1.54) is 12.1 Å². The van der Waals surface area contributed by atoms with Crippen LogP contribution in [0.3, 0.4) is 0 Å². The number of benzene rings is 1. The van der Waals surface area contributed by atoms with Gasteiger partial charge in [0.2, 0.25) is 0 Å². The molecule has 2 aromatic rings. The maximum Gasteiger partial charge on any atom is 0.416 e. The number of nitrogens with zero attached hydrogens (tertiary/aromatic N) is 6. The topological polar surface area (TPSA) is 64.9 Å². The van der Waals surface area contributed by atoms with E-state index in [9.17, 15) is 22.8 Å². The number of hydrogen-bond acceptors (Lipinski definition) is 4. The number of halogens is 3. The standard InChI is InChI=1S/C29H37F3N6O2/c1-34-15-17-36(18-16-34)28(40)35-13-10-21(11-14-35)38-26(20-8-9-20)23(19-33-38)27(39)37-12-4-7-25(37)22-5-2-3-6-24(22)29(30,31)32/h2-3,5-6,19-21,25H,4,7-18H2,1H3. The molecule has 40 heavy (non-hydrogen) atoms. The molecule has 4 fully saturated rings. The lowest BCUT2D eigenvalue weighted by molar-refractivity contribution is -0.138. The van der Waals surface area contributed by atoms with Gasteiger partial charge in [-0.3, -0.25) is 9.48 Å². The van der Waals surface area contributed by atoms with Crippen molar-refractivity contribution in [2.24, 2.45) is 0 Å². The van der Waals surface area contributed by atoms with E-state index in [-0.39, 0.29) is 29.5 Å². The summed E-state index contributed by atoms with van der Waals surface area (Å²) in [5.74, 6) is 0.0188. The summed E-state index contributed by atoms with van der Waals surface area (Å²) in [4.78, 5) is 34.7.